The predicted molar refractivity (Wildman–Crippen MR) is 128 cm³/mol. The van der Waals surface area contributed by atoms with Crippen LogP contribution < -0.4 is 9.62 Å². The smallest absolute Gasteiger partial charge is 0.244 e. The molecule has 0 aromatic heterocycles. The van der Waals surface area contributed by atoms with Crippen LogP contribution in [0.4, 0.5) is 5.69 Å². The zero-order valence-corrected chi connectivity index (χ0v) is 20.4. The van der Waals surface area contributed by atoms with E-state index in [2.05, 4.69) is 5.32 Å². The van der Waals surface area contributed by atoms with Crippen molar-refractivity contribution in [3.63, 3.8) is 0 Å². The van der Waals surface area contributed by atoms with Crippen LogP contribution in [0.2, 0.25) is 0 Å². The molecule has 2 amide bonds. The Morgan fingerprint density at radius 1 is 1.03 bits per heavy atom. The zero-order valence-electron chi connectivity index (χ0n) is 19.6. The van der Waals surface area contributed by atoms with Gasteiger partial charge in [0.2, 0.25) is 21.8 Å². The van der Waals surface area contributed by atoms with Gasteiger partial charge in [0.1, 0.15) is 12.6 Å². The Morgan fingerprint density at radius 2 is 1.69 bits per heavy atom. The van der Waals surface area contributed by atoms with E-state index in [1.165, 1.54) is 11.9 Å². The number of amides is 2. The number of sulfonamides is 1. The maximum Gasteiger partial charge on any atom is 0.244 e. The van der Waals surface area contributed by atoms with Gasteiger partial charge in [-0.3, -0.25) is 13.9 Å². The van der Waals surface area contributed by atoms with E-state index >= 15 is 0 Å². The lowest BCUT2D eigenvalue weighted by molar-refractivity contribution is -0.139. The van der Waals surface area contributed by atoms with E-state index in [0.717, 1.165) is 27.3 Å². The Morgan fingerprint density at radius 3 is 2.25 bits per heavy atom. The Bertz CT molecular complexity index is 1070. The maximum absolute atomic E-state index is 13.4. The molecule has 2 aromatic rings. The minimum absolute atomic E-state index is 0.0683. The van der Waals surface area contributed by atoms with Crippen molar-refractivity contribution >= 4 is 27.5 Å². The lowest BCUT2D eigenvalue weighted by atomic mass is 10.0. The number of nitrogens with zero attached hydrogens (tertiary/aromatic N) is 2. The fourth-order valence-corrected chi connectivity index (χ4v) is 4.46. The molecule has 0 aliphatic rings. The summed E-state index contributed by atoms with van der Waals surface area (Å²) in [6.07, 6.45) is 1.09. The number of benzene rings is 2. The first-order valence-corrected chi connectivity index (χ1v) is 12.4. The van der Waals surface area contributed by atoms with E-state index in [4.69, 9.17) is 0 Å². The van der Waals surface area contributed by atoms with E-state index in [9.17, 15) is 18.0 Å². The molecule has 1 N–H and O–H groups in total. The quantitative estimate of drug-likeness (QED) is 0.624. The highest BCUT2D eigenvalue weighted by Crippen LogP contribution is 2.29. The SMILES string of the molecule is CNC(=O)[C@H](C)N(Cc1cccc(C)c1)C(=O)CN(c1ccccc1C(C)C)S(C)(=O)=O. The van der Waals surface area contributed by atoms with E-state index < -0.39 is 28.5 Å². The van der Waals surface area contributed by atoms with Gasteiger partial charge < -0.3 is 10.2 Å². The Labute approximate surface area is 191 Å². The molecule has 0 spiro atoms. The number of carbonyl (C=O) groups is 2. The highest BCUT2D eigenvalue weighted by molar-refractivity contribution is 7.92. The summed E-state index contributed by atoms with van der Waals surface area (Å²) < 4.78 is 26.5. The molecule has 0 aliphatic heterocycles. The number of para-hydroxylation sites is 1. The van der Waals surface area contributed by atoms with E-state index in [0.29, 0.717) is 5.69 Å². The highest BCUT2D eigenvalue weighted by atomic mass is 32.2. The van der Waals surface area contributed by atoms with Crippen LogP contribution in [0.25, 0.3) is 0 Å². The number of rotatable bonds is 9. The van der Waals surface area contributed by atoms with Crippen LogP contribution in [0.1, 0.15) is 43.4 Å². The van der Waals surface area contributed by atoms with Crippen molar-refractivity contribution in [2.75, 3.05) is 24.2 Å². The molecule has 0 radical (unpaired) electrons. The molecule has 2 aromatic carbocycles. The van der Waals surface area contributed by atoms with Crippen LogP contribution in [0.15, 0.2) is 48.5 Å². The number of hydrogen-bond acceptors (Lipinski definition) is 4. The summed E-state index contributed by atoms with van der Waals surface area (Å²) in [5, 5.41) is 2.57. The number of hydrogen-bond donors (Lipinski definition) is 1. The Kier molecular flexibility index (Phi) is 8.44. The molecular formula is C24H33N3O4S. The van der Waals surface area contributed by atoms with Gasteiger partial charge >= 0.3 is 0 Å². The summed E-state index contributed by atoms with van der Waals surface area (Å²) in [5.74, 6) is -0.704. The molecule has 1 atom stereocenters. The van der Waals surface area contributed by atoms with Crippen LogP contribution in [0.5, 0.6) is 0 Å². The van der Waals surface area contributed by atoms with Crippen molar-refractivity contribution in [2.24, 2.45) is 0 Å². The summed E-state index contributed by atoms with van der Waals surface area (Å²) in [5.41, 5.74) is 3.20. The monoisotopic (exact) mass is 459 g/mol. The molecule has 0 heterocycles. The predicted octanol–water partition coefficient (Wildman–Crippen LogP) is 3.05. The number of carbonyl (C=O) groups excluding carboxylic acids is 2. The van der Waals surface area contributed by atoms with Gasteiger partial charge in [0, 0.05) is 13.6 Å². The summed E-state index contributed by atoms with van der Waals surface area (Å²) >= 11 is 0. The van der Waals surface area contributed by atoms with Crippen molar-refractivity contribution < 1.29 is 18.0 Å². The molecule has 0 aliphatic carbocycles. The molecule has 0 bridgehead atoms. The first-order valence-electron chi connectivity index (χ1n) is 10.6. The lowest BCUT2D eigenvalue weighted by Gasteiger charge is -2.32. The minimum Gasteiger partial charge on any atom is -0.357 e. The van der Waals surface area contributed by atoms with Crippen molar-refractivity contribution in [1.29, 1.82) is 0 Å². The highest BCUT2D eigenvalue weighted by Gasteiger charge is 2.30. The standard InChI is InChI=1S/C24H33N3O4S/c1-17(2)21-12-7-8-13-22(21)27(32(6,30)31)16-23(28)26(19(4)24(29)25-5)15-20-11-9-10-18(3)14-20/h7-14,17,19H,15-16H2,1-6H3,(H,25,29)/t19-/m0/s1. The molecular weight excluding hydrogens is 426 g/mol. The van der Waals surface area contributed by atoms with Crippen molar-refractivity contribution in [1.82, 2.24) is 10.2 Å². The van der Waals surface area contributed by atoms with Crippen LogP contribution >= 0.6 is 0 Å². The van der Waals surface area contributed by atoms with Gasteiger partial charge in [-0.15, -0.1) is 0 Å². The fraction of sp³-hybridized carbons (Fsp3) is 0.417. The maximum atomic E-state index is 13.4. The molecule has 32 heavy (non-hydrogen) atoms. The lowest BCUT2D eigenvalue weighted by Crippen LogP contribution is -2.50. The van der Waals surface area contributed by atoms with Gasteiger partial charge in [0.15, 0.2) is 0 Å². The number of aryl methyl sites for hydroxylation is 1. The molecule has 0 saturated carbocycles. The molecule has 8 heteroatoms. The molecule has 0 fully saturated rings. The van der Waals surface area contributed by atoms with Gasteiger partial charge in [-0.2, -0.15) is 0 Å². The van der Waals surface area contributed by atoms with Crippen LogP contribution in [-0.2, 0) is 26.2 Å². The van der Waals surface area contributed by atoms with Crippen molar-refractivity contribution in [2.45, 2.75) is 46.2 Å². The first-order chi connectivity index (χ1) is 15.0. The van der Waals surface area contributed by atoms with E-state index in [1.54, 1.807) is 19.1 Å². The largest absolute Gasteiger partial charge is 0.357 e. The van der Waals surface area contributed by atoms with Gasteiger partial charge in [-0.25, -0.2) is 8.42 Å². The second kappa shape index (κ2) is 10.6. The second-order valence-electron chi connectivity index (χ2n) is 8.28. The molecule has 2 rings (SSSR count). The van der Waals surface area contributed by atoms with Gasteiger partial charge in [-0.1, -0.05) is 61.9 Å². The third-order valence-electron chi connectivity index (χ3n) is 5.36. The average Bonchev–Trinajstić information content (AvgIpc) is 2.73. The third-order valence-corrected chi connectivity index (χ3v) is 6.48. The number of nitrogens with one attached hydrogen (secondary N) is 1. The van der Waals surface area contributed by atoms with Crippen molar-refractivity contribution in [3.05, 3.63) is 65.2 Å². The summed E-state index contributed by atoms with van der Waals surface area (Å²) in [4.78, 5) is 27.2. The topological polar surface area (TPSA) is 86.8 Å². The molecule has 174 valence electrons. The van der Waals surface area contributed by atoms with Gasteiger partial charge in [-0.05, 0) is 37.0 Å². The van der Waals surface area contributed by atoms with E-state index in [-0.39, 0.29) is 18.4 Å². The summed E-state index contributed by atoms with van der Waals surface area (Å²) in [6, 6.07) is 14.1. The van der Waals surface area contributed by atoms with Crippen molar-refractivity contribution in [3.8, 4) is 0 Å². The Balaban J connectivity index is 2.45. The normalized spacial score (nSPS) is 12.3. The summed E-state index contributed by atoms with van der Waals surface area (Å²) in [7, 11) is -2.24. The molecule has 0 saturated heterocycles. The molecule has 0 unspecified atom stereocenters. The average molecular weight is 460 g/mol. The van der Waals surface area contributed by atoms with E-state index in [1.807, 2.05) is 57.2 Å². The Hall–Kier alpha value is -2.87. The van der Waals surface area contributed by atoms with Gasteiger partial charge in [0.25, 0.3) is 0 Å². The van der Waals surface area contributed by atoms with Gasteiger partial charge in [0.05, 0.1) is 11.9 Å². The van der Waals surface area contributed by atoms with Crippen LogP contribution in [0.3, 0.4) is 0 Å². The van der Waals surface area contributed by atoms with Crippen LogP contribution in [-0.4, -0.2) is 51.0 Å². The summed E-state index contributed by atoms with van der Waals surface area (Å²) in [6.45, 7) is 7.33. The minimum atomic E-state index is -3.75. The second-order valence-corrected chi connectivity index (χ2v) is 10.2. The third kappa shape index (κ3) is 6.32. The number of anilines is 1. The fourth-order valence-electron chi connectivity index (χ4n) is 3.60. The van der Waals surface area contributed by atoms with Crippen LogP contribution in [0, 0.1) is 6.92 Å². The first kappa shape index (κ1) is 25.4. The molecule has 7 nitrogen and oxygen atoms in total. The number of likely N-dealkylation sites (N-methyl/N-ethyl adjacent to an activating group) is 1. The zero-order chi connectivity index (χ0) is 24.1.